The van der Waals surface area contributed by atoms with Crippen molar-refractivity contribution in [3.63, 3.8) is 0 Å². The third kappa shape index (κ3) is 3.00. The van der Waals surface area contributed by atoms with E-state index in [1.807, 2.05) is 38.1 Å². The predicted molar refractivity (Wildman–Crippen MR) is 75.2 cm³/mol. The molecule has 5 nitrogen and oxygen atoms in total. The van der Waals surface area contributed by atoms with Gasteiger partial charge in [-0.05, 0) is 44.5 Å². The largest absolute Gasteiger partial charge is 0.330 e. The summed E-state index contributed by atoms with van der Waals surface area (Å²) in [6, 6.07) is 7.48. The standard InChI is InChI=1S/C14H18N4O/c1-9-13(10(2)18-17-9)16-14(19)12-5-3-11(4-6-12)7-8-15/h3-6H,7-8,15H2,1-2H3,(H,16,19)(H,17,18). The molecule has 0 radical (unpaired) electrons. The molecule has 0 spiro atoms. The van der Waals surface area contributed by atoms with Crippen LogP contribution < -0.4 is 11.1 Å². The Hall–Kier alpha value is -2.14. The molecular formula is C14H18N4O. The lowest BCUT2D eigenvalue weighted by atomic mass is 10.1. The molecule has 1 aromatic carbocycles. The van der Waals surface area contributed by atoms with Gasteiger partial charge in [-0.25, -0.2) is 0 Å². The van der Waals surface area contributed by atoms with Gasteiger partial charge in [0.1, 0.15) is 0 Å². The number of benzene rings is 1. The number of aromatic nitrogens is 2. The Morgan fingerprint density at radius 1 is 1.32 bits per heavy atom. The summed E-state index contributed by atoms with van der Waals surface area (Å²) in [5.74, 6) is -0.133. The van der Waals surface area contributed by atoms with Crippen LogP contribution in [0.15, 0.2) is 24.3 Å². The van der Waals surface area contributed by atoms with Gasteiger partial charge in [0.25, 0.3) is 5.91 Å². The topological polar surface area (TPSA) is 83.8 Å². The van der Waals surface area contributed by atoms with E-state index < -0.39 is 0 Å². The summed E-state index contributed by atoms with van der Waals surface area (Å²) in [5.41, 5.74) is 9.63. The average molecular weight is 258 g/mol. The second-order valence-corrected chi connectivity index (χ2v) is 4.50. The zero-order valence-electron chi connectivity index (χ0n) is 11.2. The fourth-order valence-corrected chi connectivity index (χ4v) is 1.91. The predicted octanol–water partition coefficient (Wildman–Crippen LogP) is 1.78. The number of nitrogens with two attached hydrogens (primary N) is 1. The molecule has 1 amide bonds. The van der Waals surface area contributed by atoms with Crippen LogP contribution in [0.5, 0.6) is 0 Å². The van der Waals surface area contributed by atoms with E-state index >= 15 is 0 Å². The molecule has 0 fully saturated rings. The minimum atomic E-state index is -0.133. The molecule has 0 atom stereocenters. The van der Waals surface area contributed by atoms with E-state index in [0.717, 1.165) is 29.1 Å². The highest BCUT2D eigenvalue weighted by molar-refractivity contribution is 6.04. The first-order valence-electron chi connectivity index (χ1n) is 6.23. The lowest BCUT2D eigenvalue weighted by Crippen LogP contribution is -2.13. The Kier molecular flexibility index (Phi) is 3.97. The van der Waals surface area contributed by atoms with E-state index in [4.69, 9.17) is 5.73 Å². The molecule has 100 valence electrons. The molecule has 2 aromatic rings. The van der Waals surface area contributed by atoms with Crippen molar-refractivity contribution in [3.8, 4) is 0 Å². The molecule has 1 heterocycles. The van der Waals surface area contributed by atoms with Crippen molar-refractivity contribution >= 4 is 11.6 Å². The van der Waals surface area contributed by atoms with Crippen LogP contribution in [0.25, 0.3) is 0 Å². The number of anilines is 1. The van der Waals surface area contributed by atoms with Crippen LogP contribution in [-0.4, -0.2) is 22.6 Å². The first-order valence-corrected chi connectivity index (χ1v) is 6.23. The van der Waals surface area contributed by atoms with Gasteiger partial charge in [0.15, 0.2) is 0 Å². The second kappa shape index (κ2) is 5.67. The highest BCUT2D eigenvalue weighted by atomic mass is 16.1. The highest BCUT2D eigenvalue weighted by Crippen LogP contribution is 2.17. The maximum atomic E-state index is 12.1. The van der Waals surface area contributed by atoms with Gasteiger partial charge in [-0.15, -0.1) is 0 Å². The smallest absolute Gasteiger partial charge is 0.255 e. The molecule has 0 saturated carbocycles. The van der Waals surface area contributed by atoms with E-state index in [0.29, 0.717) is 12.1 Å². The Balaban J connectivity index is 2.12. The van der Waals surface area contributed by atoms with Gasteiger partial charge >= 0.3 is 0 Å². The Labute approximate surface area is 112 Å². The Morgan fingerprint density at radius 3 is 2.53 bits per heavy atom. The number of aryl methyl sites for hydroxylation is 2. The minimum absolute atomic E-state index is 0.133. The van der Waals surface area contributed by atoms with Gasteiger partial charge in [-0.3, -0.25) is 9.89 Å². The molecule has 0 saturated heterocycles. The van der Waals surface area contributed by atoms with Crippen LogP contribution in [0, 0.1) is 13.8 Å². The maximum absolute atomic E-state index is 12.1. The van der Waals surface area contributed by atoms with Crippen molar-refractivity contribution in [2.24, 2.45) is 5.73 Å². The third-order valence-electron chi connectivity index (χ3n) is 3.02. The molecule has 2 rings (SSSR count). The molecular weight excluding hydrogens is 240 g/mol. The van der Waals surface area contributed by atoms with E-state index in [1.54, 1.807) is 0 Å². The Morgan fingerprint density at radius 2 is 2.00 bits per heavy atom. The molecule has 0 unspecified atom stereocenters. The summed E-state index contributed by atoms with van der Waals surface area (Å²) in [4.78, 5) is 12.1. The summed E-state index contributed by atoms with van der Waals surface area (Å²) in [6.45, 7) is 4.34. The average Bonchev–Trinajstić information content (AvgIpc) is 2.72. The van der Waals surface area contributed by atoms with Crippen LogP contribution >= 0.6 is 0 Å². The van der Waals surface area contributed by atoms with Crippen LogP contribution in [0.1, 0.15) is 27.3 Å². The zero-order chi connectivity index (χ0) is 13.8. The quantitative estimate of drug-likeness (QED) is 0.781. The van der Waals surface area contributed by atoms with Crippen LogP contribution in [0.4, 0.5) is 5.69 Å². The summed E-state index contributed by atoms with van der Waals surface area (Å²) >= 11 is 0. The molecule has 0 aliphatic carbocycles. The van der Waals surface area contributed by atoms with Gasteiger partial charge in [0.05, 0.1) is 17.1 Å². The van der Waals surface area contributed by atoms with Gasteiger partial charge in [-0.1, -0.05) is 12.1 Å². The summed E-state index contributed by atoms with van der Waals surface area (Å²) in [7, 11) is 0. The van der Waals surface area contributed by atoms with Gasteiger partial charge in [0, 0.05) is 5.56 Å². The lowest BCUT2D eigenvalue weighted by Gasteiger charge is -2.06. The van der Waals surface area contributed by atoms with Crippen molar-refractivity contribution in [1.82, 2.24) is 10.2 Å². The van der Waals surface area contributed by atoms with Crippen molar-refractivity contribution in [3.05, 3.63) is 46.8 Å². The van der Waals surface area contributed by atoms with E-state index in [9.17, 15) is 4.79 Å². The molecule has 0 aliphatic heterocycles. The van der Waals surface area contributed by atoms with E-state index in [1.165, 1.54) is 0 Å². The SMILES string of the molecule is Cc1n[nH]c(C)c1NC(=O)c1ccc(CCN)cc1. The number of hydrogen-bond donors (Lipinski definition) is 3. The van der Waals surface area contributed by atoms with Gasteiger partial charge in [-0.2, -0.15) is 5.10 Å². The van der Waals surface area contributed by atoms with Crippen LogP contribution in [-0.2, 0) is 6.42 Å². The lowest BCUT2D eigenvalue weighted by molar-refractivity contribution is 0.102. The molecule has 4 N–H and O–H groups in total. The van der Waals surface area contributed by atoms with Crippen LogP contribution in [0.3, 0.4) is 0 Å². The number of amides is 1. The first-order chi connectivity index (χ1) is 9.11. The number of aromatic amines is 1. The first kappa shape index (κ1) is 13.3. The van der Waals surface area contributed by atoms with Crippen molar-refractivity contribution < 1.29 is 4.79 Å². The molecule has 19 heavy (non-hydrogen) atoms. The number of carbonyl (C=O) groups excluding carboxylic acids is 1. The molecule has 0 aliphatic rings. The normalized spacial score (nSPS) is 10.5. The van der Waals surface area contributed by atoms with Crippen LogP contribution in [0.2, 0.25) is 0 Å². The Bertz CT molecular complexity index is 552. The fraction of sp³-hybridized carbons (Fsp3) is 0.286. The summed E-state index contributed by atoms with van der Waals surface area (Å²) in [6.07, 6.45) is 0.821. The third-order valence-corrected chi connectivity index (χ3v) is 3.02. The molecule has 5 heteroatoms. The van der Waals surface area contributed by atoms with Crippen molar-refractivity contribution in [1.29, 1.82) is 0 Å². The highest BCUT2D eigenvalue weighted by Gasteiger charge is 2.11. The minimum Gasteiger partial charge on any atom is -0.330 e. The second-order valence-electron chi connectivity index (χ2n) is 4.50. The number of carbonyl (C=O) groups is 1. The van der Waals surface area contributed by atoms with Crippen molar-refractivity contribution in [2.45, 2.75) is 20.3 Å². The van der Waals surface area contributed by atoms with Gasteiger partial charge < -0.3 is 11.1 Å². The number of nitrogens with zero attached hydrogens (tertiary/aromatic N) is 1. The number of nitrogens with one attached hydrogen (secondary N) is 2. The maximum Gasteiger partial charge on any atom is 0.255 e. The molecule has 0 bridgehead atoms. The number of H-pyrrole nitrogens is 1. The molecule has 1 aromatic heterocycles. The summed E-state index contributed by atoms with van der Waals surface area (Å²) in [5, 5.41) is 9.76. The number of rotatable bonds is 4. The van der Waals surface area contributed by atoms with Crippen molar-refractivity contribution in [2.75, 3.05) is 11.9 Å². The van der Waals surface area contributed by atoms with E-state index in [2.05, 4.69) is 15.5 Å². The number of hydrogen-bond acceptors (Lipinski definition) is 3. The monoisotopic (exact) mass is 258 g/mol. The zero-order valence-corrected chi connectivity index (χ0v) is 11.2. The van der Waals surface area contributed by atoms with Gasteiger partial charge in [0.2, 0.25) is 0 Å². The fourth-order valence-electron chi connectivity index (χ4n) is 1.91. The summed E-state index contributed by atoms with van der Waals surface area (Å²) < 4.78 is 0. The van der Waals surface area contributed by atoms with E-state index in [-0.39, 0.29) is 5.91 Å².